The van der Waals surface area contributed by atoms with Crippen molar-refractivity contribution in [3.05, 3.63) is 0 Å². The molecule has 3 atom stereocenters. The van der Waals surface area contributed by atoms with Gasteiger partial charge in [-0.1, -0.05) is 20.3 Å². The first-order valence-corrected chi connectivity index (χ1v) is 5.82. The van der Waals surface area contributed by atoms with Crippen molar-refractivity contribution in [1.29, 1.82) is 0 Å². The maximum Gasteiger partial charge on any atom is 0.0700 e. The van der Waals surface area contributed by atoms with Crippen molar-refractivity contribution in [2.24, 2.45) is 11.7 Å². The summed E-state index contributed by atoms with van der Waals surface area (Å²) in [7, 11) is 0. The molecule has 0 radical (unpaired) electrons. The van der Waals surface area contributed by atoms with Gasteiger partial charge >= 0.3 is 0 Å². The van der Waals surface area contributed by atoms with E-state index in [2.05, 4.69) is 19.2 Å². The van der Waals surface area contributed by atoms with Crippen LogP contribution < -0.4 is 11.1 Å². The molecule has 0 aromatic carbocycles. The van der Waals surface area contributed by atoms with Crippen LogP contribution in [0, 0.1) is 5.92 Å². The van der Waals surface area contributed by atoms with Crippen LogP contribution in [0.15, 0.2) is 0 Å². The van der Waals surface area contributed by atoms with E-state index in [0.717, 1.165) is 26.1 Å². The minimum Gasteiger partial charge on any atom is -0.377 e. The number of rotatable bonds is 6. The number of hydrogen-bond acceptors (Lipinski definition) is 3. The Kier molecular flexibility index (Phi) is 5.45. The molecule has 0 saturated carbocycles. The number of nitrogens with two attached hydrogens (primary N) is 1. The van der Waals surface area contributed by atoms with E-state index in [1.54, 1.807) is 0 Å². The summed E-state index contributed by atoms with van der Waals surface area (Å²) in [6.45, 7) is 7.20. The number of nitrogens with one attached hydrogen (secondary N) is 1. The monoisotopic (exact) mass is 200 g/mol. The average molecular weight is 200 g/mol. The van der Waals surface area contributed by atoms with Crippen molar-refractivity contribution in [3.8, 4) is 0 Å². The summed E-state index contributed by atoms with van der Waals surface area (Å²) in [5, 5.41) is 3.39. The van der Waals surface area contributed by atoms with E-state index in [9.17, 15) is 0 Å². The molecule has 0 bridgehead atoms. The van der Waals surface area contributed by atoms with Gasteiger partial charge in [0.2, 0.25) is 0 Å². The van der Waals surface area contributed by atoms with Gasteiger partial charge in [0.1, 0.15) is 0 Å². The summed E-state index contributed by atoms with van der Waals surface area (Å²) >= 11 is 0. The Morgan fingerprint density at radius 3 is 2.93 bits per heavy atom. The predicted molar refractivity (Wildman–Crippen MR) is 59.3 cm³/mol. The van der Waals surface area contributed by atoms with E-state index >= 15 is 0 Å². The second-order valence-electron chi connectivity index (χ2n) is 4.34. The zero-order chi connectivity index (χ0) is 10.4. The molecule has 0 aromatic rings. The van der Waals surface area contributed by atoms with Gasteiger partial charge in [-0.2, -0.15) is 0 Å². The minimum atomic E-state index is 0.279. The largest absolute Gasteiger partial charge is 0.377 e. The first-order valence-electron chi connectivity index (χ1n) is 5.82. The Balaban J connectivity index is 2.02. The van der Waals surface area contributed by atoms with Gasteiger partial charge in [-0.05, 0) is 18.8 Å². The molecule has 1 aliphatic heterocycles. The number of ether oxygens (including phenoxy) is 1. The van der Waals surface area contributed by atoms with Crippen molar-refractivity contribution in [2.45, 2.75) is 45.3 Å². The fraction of sp³-hybridized carbons (Fsp3) is 1.00. The Bertz CT molecular complexity index is 146. The molecule has 0 aliphatic carbocycles. The highest BCUT2D eigenvalue weighted by atomic mass is 16.5. The van der Waals surface area contributed by atoms with E-state index in [1.165, 1.54) is 12.8 Å². The molecule has 0 amide bonds. The number of hydrogen-bond donors (Lipinski definition) is 2. The maximum absolute atomic E-state index is 6.01. The fourth-order valence-electron chi connectivity index (χ4n) is 1.72. The van der Waals surface area contributed by atoms with Crippen molar-refractivity contribution in [2.75, 3.05) is 19.7 Å². The lowest BCUT2D eigenvalue weighted by Gasteiger charge is -2.19. The van der Waals surface area contributed by atoms with Gasteiger partial charge in [0.25, 0.3) is 0 Å². The summed E-state index contributed by atoms with van der Waals surface area (Å²) in [6.07, 6.45) is 4.00. The van der Waals surface area contributed by atoms with Crippen LogP contribution in [-0.4, -0.2) is 31.8 Å². The normalized spacial score (nSPS) is 26.4. The van der Waals surface area contributed by atoms with Gasteiger partial charge in [-0.3, -0.25) is 0 Å². The third-order valence-electron chi connectivity index (χ3n) is 3.15. The molecule has 0 spiro atoms. The van der Waals surface area contributed by atoms with Crippen LogP contribution in [0.25, 0.3) is 0 Å². The van der Waals surface area contributed by atoms with Crippen LogP contribution >= 0.6 is 0 Å². The summed E-state index contributed by atoms with van der Waals surface area (Å²) in [4.78, 5) is 0. The van der Waals surface area contributed by atoms with Crippen molar-refractivity contribution in [3.63, 3.8) is 0 Å². The molecule has 1 saturated heterocycles. The minimum absolute atomic E-state index is 0.279. The van der Waals surface area contributed by atoms with Crippen LogP contribution in [0.5, 0.6) is 0 Å². The second-order valence-corrected chi connectivity index (χ2v) is 4.34. The lowest BCUT2D eigenvalue weighted by Crippen LogP contribution is -2.41. The van der Waals surface area contributed by atoms with Crippen molar-refractivity contribution < 1.29 is 4.74 Å². The highest BCUT2D eigenvalue weighted by Gasteiger charge is 2.16. The van der Waals surface area contributed by atoms with Crippen molar-refractivity contribution >= 4 is 0 Å². The molecule has 3 heteroatoms. The zero-order valence-electron chi connectivity index (χ0n) is 9.46. The second kappa shape index (κ2) is 6.38. The average Bonchev–Trinajstić information content (AvgIpc) is 2.69. The summed E-state index contributed by atoms with van der Waals surface area (Å²) in [5.74, 6) is 0.604. The van der Waals surface area contributed by atoms with Crippen LogP contribution in [0.4, 0.5) is 0 Å². The first kappa shape index (κ1) is 12.0. The van der Waals surface area contributed by atoms with Gasteiger partial charge in [-0.15, -0.1) is 0 Å². The molecule has 0 aromatic heterocycles. The van der Waals surface area contributed by atoms with Gasteiger partial charge in [0.05, 0.1) is 6.10 Å². The lowest BCUT2D eigenvalue weighted by atomic mass is 10.0. The molecule has 1 rings (SSSR count). The van der Waals surface area contributed by atoms with E-state index in [-0.39, 0.29) is 6.04 Å². The molecule has 84 valence electrons. The molecule has 1 heterocycles. The third-order valence-corrected chi connectivity index (χ3v) is 3.15. The molecule has 3 unspecified atom stereocenters. The SMILES string of the molecule is CCC(C)C(N)CNCC1CCCO1. The highest BCUT2D eigenvalue weighted by Crippen LogP contribution is 2.10. The van der Waals surface area contributed by atoms with Crippen molar-refractivity contribution in [1.82, 2.24) is 5.32 Å². The zero-order valence-corrected chi connectivity index (χ0v) is 9.46. The molecule has 1 fully saturated rings. The van der Waals surface area contributed by atoms with E-state index in [4.69, 9.17) is 10.5 Å². The summed E-state index contributed by atoms with van der Waals surface area (Å²) < 4.78 is 5.52. The fourth-order valence-corrected chi connectivity index (χ4v) is 1.72. The van der Waals surface area contributed by atoms with E-state index < -0.39 is 0 Å². The standard InChI is InChI=1S/C11H24N2O/c1-3-9(2)11(12)8-13-7-10-5-4-6-14-10/h9-11,13H,3-8,12H2,1-2H3. The predicted octanol–water partition coefficient (Wildman–Crippen LogP) is 1.13. The van der Waals surface area contributed by atoms with Crippen LogP contribution in [0.2, 0.25) is 0 Å². The van der Waals surface area contributed by atoms with E-state index in [1.807, 2.05) is 0 Å². The maximum atomic E-state index is 6.01. The van der Waals surface area contributed by atoms with Gasteiger partial charge < -0.3 is 15.8 Å². The third kappa shape index (κ3) is 3.95. The quantitative estimate of drug-likeness (QED) is 0.675. The Labute approximate surface area is 87.4 Å². The molecular formula is C11H24N2O. The molecule has 3 nitrogen and oxygen atoms in total. The Morgan fingerprint density at radius 1 is 1.57 bits per heavy atom. The smallest absolute Gasteiger partial charge is 0.0700 e. The topological polar surface area (TPSA) is 47.3 Å². The Hall–Kier alpha value is -0.120. The molecule has 1 aliphatic rings. The van der Waals surface area contributed by atoms with Crippen LogP contribution in [0.1, 0.15) is 33.1 Å². The van der Waals surface area contributed by atoms with Gasteiger partial charge in [0, 0.05) is 25.7 Å². The molecule has 3 N–H and O–H groups in total. The van der Waals surface area contributed by atoms with E-state index in [0.29, 0.717) is 12.0 Å². The highest BCUT2D eigenvalue weighted by molar-refractivity contribution is 4.73. The molecule has 14 heavy (non-hydrogen) atoms. The summed E-state index contributed by atoms with van der Waals surface area (Å²) in [5.41, 5.74) is 6.01. The lowest BCUT2D eigenvalue weighted by molar-refractivity contribution is 0.109. The Morgan fingerprint density at radius 2 is 2.36 bits per heavy atom. The van der Waals surface area contributed by atoms with Crippen LogP contribution in [0.3, 0.4) is 0 Å². The first-order chi connectivity index (χ1) is 6.74. The van der Waals surface area contributed by atoms with Gasteiger partial charge in [0.15, 0.2) is 0 Å². The summed E-state index contributed by atoms with van der Waals surface area (Å²) in [6, 6.07) is 0.279. The van der Waals surface area contributed by atoms with Gasteiger partial charge in [-0.25, -0.2) is 0 Å². The molecular weight excluding hydrogens is 176 g/mol. The van der Waals surface area contributed by atoms with Crippen LogP contribution in [-0.2, 0) is 4.74 Å².